The number of aliphatic hydroxyl groups is 1. The summed E-state index contributed by atoms with van der Waals surface area (Å²) in [4.78, 5) is 10.9. The standard InChI is InChI=1S/C10H11ClO3/c1-14-10(13)9(12)6-7-3-2-4-8(11)5-7/h2-5,9,12H,6H2,1H3/t9-/m0/s1. The second-order valence-electron chi connectivity index (χ2n) is 2.87. The van der Waals surface area contributed by atoms with E-state index in [1.165, 1.54) is 7.11 Å². The van der Waals surface area contributed by atoms with Crippen LogP contribution in [-0.2, 0) is 16.0 Å². The molecule has 76 valence electrons. The molecule has 0 bridgehead atoms. The highest BCUT2D eigenvalue weighted by atomic mass is 35.5. The summed E-state index contributed by atoms with van der Waals surface area (Å²) < 4.78 is 4.39. The van der Waals surface area contributed by atoms with Gasteiger partial charge in [-0.3, -0.25) is 0 Å². The first-order valence-corrected chi connectivity index (χ1v) is 4.51. The molecule has 0 aromatic heterocycles. The topological polar surface area (TPSA) is 46.5 Å². The molecule has 1 aromatic carbocycles. The van der Waals surface area contributed by atoms with Crippen LogP contribution in [0.25, 0.3) is 0 Å². The summed E-state index contributed by atoms with van der Waals surface area (Å²) in [5.74, 6) is -0.634. The first kappa shape index (κ1) is 11.0. The minimum Gasteiger partial charge on any atom is -0.467 e. The molecular formula is C10H11ClO3. The number of hydrogen-bond acceptors (Lipinski definition) is 3. The smallest absolute Gasteiger partial charge is 0.335 e. The van der Waals surface area contributed by atoms with Crippen LogP contribution < -0.4 is 0 Å². The van der Waals surface area contributed by atoms with E-state index in [1.807, 2.05) is 0 Å². The maximum absolute atomic E-state index is 10.9. The number of rotatable bonds is 3. The van der Waals surface area contributed by atoms with Crippen molar-refractivity contribution in [3.63, 3.8) is 0 Å². The molecule has 0 radical (unpaired) electrons. The SMILES string of the molecule is COC(=O)[C@@H](O)Cc1cccc(Cl)c1. The van der Waals surface area contributed by atoms with Gasteiger partial charge >= 0.3 is 5.97 Å². The third-order valence-electron chi connectivity index (χ3n) is 1.79. The molecule has 0 heterocycles. The van der Waals surface area contributed by atoms with Gasteiger partial charge in [-0.05, 0) is 17.7 Å². The maximum atomic E-state index is 10.9. The van der Waals surface area contributed by atoms with Crippen LogP contribution in [0.1, 0.15) is 5.56 Å². The van der Waals surface area contributed by atoms with Crippen molar-refractivity contribution in [2.45, 2.75) is 12.5 Å². The van der Waals surface area contributed by atoms with Gasteiger partial charge in [0.15, 0.2) is 6.10 Å². The number of carbonyl (C=O) groups is 1. The molecule has 3 nitrogen and oxygen atoms in total. The molecule has 1 aromatic rings. The van der Waals surface area contributed by atoms with E-state index in [4.69, 9.17) is 11.6 Å². The van der Waals surface area contributed by atoms with Gasteiger partial charge in [-0.25, -0.2) is 4.79 Å². The van der Waals surface area contributed by atoms with Crippen molar-refractivity contribution in [3.05, 3.63) is 34.9 Å². The molecule has 1 atom stereocenters. The zero-order valence-electron chi connectivity index (χ0n) is 7.74. The minimum atomic E-state index is -1.13. The highest BCUT2D eigenvalue weighted by Crippen LogP contribution is 2.12. The molecule has 0 aliphatic carbocycles. The van der Waals surface area contributed by atoms with Gasteiger partial charge in [0.1, 0.15) is 0 Å². The predicted molar refractivity (Wildman–Crippen MR) is 53.2 cm³/mol. The van der Waals surface area contributed by atoms with E-state index in [0.29, 0.717) is 5.02 Å². The van der Waals surface area contributed by atoms with Gasteiger partial charge in [0.05, 0.1) is 7.11 Å². The van der Waals surface area contributed by atoms with E-state index in [0.717, 1.165) is 5.56 Å². The van der Waals surface area contributed by atoms with Crippen LogP contribution in [0.15, 0.2) is 24.3 Å². The molecule has 0 fully saturated rings. The summed E-state index contributed by atoms with van der Waals surface area (Å²) in [6.07, 6.45) is -0.911. The largest absolute Gasteiger partial charge is 0.467 e. The lowest BCUT2D eigenvalue weighted by molar-refractivity contribution is -0.150. The van der Waals surface area contributed by atoms with Crippen molar-refractivity contribution >= 4 is 17.6 Å². The van der Waals surface area contributed by atoms with Crippen LogP contribution >= 0.6 is 11.6 Å². The van der Waals surface area contributed by atoms with Crippen LogP contribution in [0.4, 0.5) is 0 Å². The van der Waals surface area contributed by atoms with Gasteiger partial charge in [0.25, 0.3) is 0 Å². The average molecular weight is 215 g/mol. The van der Waals surface area contributed by atoms with Crippen LogP contribution in [-0.4, -0.2) is 24.3 Å². The van der Waals surface area contributed by atoms with Gasteiger partial charge in [-0.15, -0.1) is 0 Å². The van der Waals surface area contributed by atoms with Gasteiger partial charge < -0.3 is 9.84 Å². The Morgan fingerprint density at radius 3 is 2.93 bits per heavy atom. The monoisotopic (exact) mass is 214 g/mol. The molecule has 0 amide bonds. The summed E-state index contributed by atoms with van der Waals surface area (Å²) in [6, 6.07) is 6.99. The molecule has 1 rings (SSSR count). The highest BCUT2D eigenvalue weighted by molar-refractivity contribution is 6.30. The zero-order valence-corrected chi connectivity index (χ0v) is 8.49. The second kappa shape index (κ2) is 4.98. The van der Waals surface area contributed by atoms with Crippen molar-refractivity contribution in [1.29, 1.82) is 0 Å². The summed E-state index contributed by atoms with van der Waals surface area (Å²) >= 11 is 5.74. The number of benzene rings is 1. The fraction of sp³-hybridized carbons (Fsp3) is 0.300. The quantitative estimate of drug-likeness (QED) is 0.775. The number of methoxy groups -OCH3 is 1. The van der Waals surface area contributed by atoms with Crippen LogP contribution in [0.5, 0.6) is 0 Å². The fourth-order valence-corrected chi connectivity index (χ4v) is 1.32. The average Bonchev–Trinajstić information content (AvgIpc) is 2.16. The van der Waals surface area contributed by atoms with Crippen LogP contribution in [0.3, 0.4) is 0 Å². The van der Waals surface area contributed by atoms with Gasteiger partial charge in [0.2, 0.25) is 0 Å². The van der Waals surface area contributed by atoms with Gasteiger partial charge in [0, 0.05) is 11.4 Å². The van der Waals surface area contributed by atoms with Crippen molar-refractivity contribution in [2.24, 2.45) is 0 Å². The number of ether oxygens (including phenoxy) is 1. The summed E-state index contributed by atoms with van der Waals surface area (Å²) in [7, 11) is 1.24. The number of esters is 1. The second-order valence-corrected chi connectivity index (χ2v) is 3.31. The van der Waals surface area contributed by atoms with E-state index in [-0.39, 0.29) is 6.42 Å². The Hall–Kier alpha value is -1.06. The Labute approximate surface area is 87.3 Å². The normalized spacial score (nSPS) is 12.2. The number of halogens is 1. The van der Waals surface area contributed by atoms with E-state index in [1.54, 1.807) is 24.3 Å². The molecule has 0 spiro atoms. The molecule has 0 saturated heterocycles. The summed E-state index contributed by atoms with van der Waals surface area (Å²) in [5, 5.41) is 9.93. The molecule has 0 saturated carbocycles. The number of aliphatic hydroxyl groups excluding tert-OH is 1. The summed E-state index contributed by atoms with van der Waals surface area (Å²) in [5.41, 5.74) is 0.801. The third kappa shape index (κ3) is 3.01. The van der Waals surface area contributed by atoms with E-state index < -0.39 is 12.1 Å². The molecule has 1 N–H and O–H groups in total. The lowest BCUT2D eigenvalue weighted by Gasteiger charge is -2.07. The first-order valence-electron chi connectivity index (χ1n) is 4.14. The molecule has 0 unspecified atom stereocenters. The van der Waals surface area contributed by atoms with Gasteiger partial charge in [-0.2, -0.15) is 0 Å². The van der Waals surface area contributed by atoms with Crippen molar-refractivity contribution < 1.29 is 14.6 Å². The lowest BCUT2D eigenvalue weighted by atomic mass is 10.1. The molecule has 0 aliphatic rings. The Bertz CT molecular complexity index is 325. The lowest BCUT2D eigenvalue weighted by Crippen LogP contribution is -2.24. The Balaban J connectivity index is 2.64. The number of hydrogen-bond donors (Lipinski definition) is 1. The van der Waals surface area contributed by atoms with E-state index in [9.17, 15) is 9.90 Å². The van der Waals surface area contributed by atoms with E-state index in [2.05, 4.69) is 4.74 Å². The molecular weight excluding hydrogens is 204 g/mol. The summed E-state index contributed by atoms with van der Waals surface area (Å²) in [6.45, 7) is 0. The van der Waals surface area contributed by atoms with Crippen LogP contribution in [0.2, 0.25) is 5.02 Å². The predicted octanol–water partition coefficient (Wildman–Crippen LogP) is 1.42. The van der Waals surface area contributed by atoms with Crippen molar-refractivity contribution in [1.82, 2.24) is 0 Å². The molecule has 0 aliphatic heterocycles. The molecule has 4 heteroatoms. The first-order chi connectivity index (χ1) is 6.63. The fourth-order valence-electron chi connectivity index (χ4n) is 1.11. The molecule has 14 heavy (non-hydrogen) atoms. The zero-order chi connectivity index (χ0) is 10.6. The van der Waals surface area contributed by atoms with Gasteiger partial charge in [-0.1, -0.05) is 23.7 Å². The number of carbonyl (C=O) groups excluding carboxylic acids is 1. The van der Waals surface area contributed by atoms with E-state index >= 15 is 0 Å². The van der Waals surface area contributed by atoms with Crippen LogP contribution in [0, 0.1) is 0 Å². The maximum Gasteiger partial charge on any atom is 0.335 e. The Morgan fingerprint density at radius 1 is 1.64 bits per heavy atom. The Morgan fingerprint density at radius 2 is 2.36 bits per heavy atom. The van der Waals surface area contributed by atoms with Crippen molar-refractivity contribution in [3.8, 4) is 0 Å². The Kier molecular flexibility index (Phi) is 3.92. The minimum absolute atomic E-state index is 0.216. The van der Waals surface area contributed by atoms with Crippen molar-refractivity contribution in [2.75, 3.05) is 7.11 Å². The highest BCUT2D eigenvalue weighted by Gasteiger charge is 2.15. The third-order valence-corrected chi connectivity index (χ3v) is 2.03.